The number of thiazole rings is 1. The molecule has 0 atom stereocenters. The second-order valence-corrected chi connectivity index (χ2v) is 6.72. The number of hydrogen-bond acceptors (Lipinski definition) is 9. The van der Waals surface area contributed by atoms with Gasteiger partial charge in [0.1, 0.15) is 6.20 Å². The molecule has 11 heteroatoms. The fraction of sp³-hybridized carbons (Fsp3) is 0.143. The highest BCUT2D eigenvalue weighted by atomic mass is 32.2. The van der Waals surface area contributed by atoms with Crippen molar-refractivity contribution in [2.45, 2.75) is 12.1 Å². The maximum atomic E-state index is 11.9. The second-order valence-electron chi connectivity index (χ2n) is 4.79. The molecule has 1 N–H and O–H groups in total. The molecule has 2 aromatic heterocycles. The molecule has 3 aromatic rings. The van der Waals surface area contributed by atoms with Gasteiger partial charge in [0.05, 0.1) is 10.7 Å². The van der Waals surface area contributed by atoms with Gasteiger partial charge < -0.3 is 9.73 Å². The van der Waals surface area contributed by atoms with Crippen molar-refractivity contribution >= 4 is 39.1 Å². The number of rotatable bonds is 6. The number of nitrogens with zero attached hydrogens (tertiary/aromatic N) is 4. The molecular weight excluding hydrogens is 366 g/mol. The number of hydrogen-bond donors (Lipinski definition) is 1. The predicted octanol–water partition coefficient (Wildman–Crippen LogP) is 3.14. The molecule has 1 amide bonds. The van der Waals surface area contributed by atoms with E-state index in [1.165, 1.54) is 0 Å². The SMILES string of the molecule is Cc1ccccc1-c1nnc(SCC(=O)Nc2ncc([N+](=O)[O-])s2)o1. The van der Waals surface area contributed by atoms with E-state index < -0.39 is 4.92 Å². The van der Waals surface area contributed by atoms with Gasteiger partial charge in [-0.2, -0.15) is 0 Å². The highest BCUT2D eigenvalue weighted by Crippen LogP contribution is 2.27. The van der Waals surface area contributed by atoms with E-state index >= 15 is 0 Å². The summed E-state index contributed by atoms with van der Waals surface area (Å²) in [7, 11) is 0. The molecule has 9 nitrogen and oxygen atoms in total. The van der Waals surface area contributed by atoms with Crippen molar-refractivity contribution in [3.05, 3.63) is 46.1 Å². The van der Waals surface area contributed by atoms with Gasteiger partial charge in [0, 0.05) is 5.56 Å². The maximum absolute atomic E-state index is 11.9. The van der Waals surface area contributed by atoms with Crippen molar-refractivity contribution in [3.8, 4) is 11.5 Å². The minimum Gasteiger partial charge on any atom is -0.411 e. The summed E-state index contributed by atoms with van der Waals surface area (Å²) in [6.45, 7) is 1.94. The van der Waals surface area contributed by atoms with Gasteiger partial charge in [0.2, 0.25) is 11.8 Å². The lowest BCUT2D eigenvalue weighted by atomic mass is 10.1. The zero-order valence-corrected chi connectivity index (χ0v) is 14.5. The van der Waals surface area contributed by atoms with Crippen LogP contribution >= 0.6 is 23.1 Å². The van der Waals surface area contributed by atoms with E-state index in [-0.39, 0.29) is 27.0 Å². The Balaban J connectivity index is 1.57. The van der Waals surface area contributed by atoms with Gasteiger partial charge in [-0.1, -0.05) is 30.0 Å². The molecule has 0 spiro atoms. The zero-order valence-electron chi connectivity index (χ0n) is 12.8. The van der Waals surface area contributed by atoms with Crippen LogP contribution in [0.2, 0.25) is 0 Å². The van der Waals surface area contributed by atoms with Gasteiger partial charge in [-0.15, -0.1) is 10.2 Å². The lowest BCUT2D eigenvalue weighted by Gasteiger charge is -1.99. The van der Waals surface area contributed by atoms with Gasteiger partial charge >= 0.3 is 5.00 Å². The third kappa shape index (κ3) is 4.19. The van der Waals surface area contributed by atoms with Gasteiger partial charge in [-0.05, 0) is 29.9 Å². The molecule has 0 aliphatic carbocycles. The number of carbonyl (C=O) groups is 1. The van der Waals surface area contributed by atoms with Crippen LogP contribution in [-0.4, -0.2) is 31.8 Å². The maximum Gasteiger partial charge on any atom is 0.345 e. The van der Waals surface area contributed by atoms with Crippen LogP contribution in [0, 0.1) is 17.0 Å². The molecule has 0 radical (unpaired) electrons. The van der Waals surface area contributed by atoms with Crippen LogP contribution in [0.25, 0.3) is 11.5 Å². The molecular formula is C14H11N5O4S2. The van der Waals surface area contributed by atoms with E-state index in [4.69, 9.17) is 4.42 Å². The third-order valence-electron chi connectivity index (χ3n) is 3.03. The topological polar surface area (TPSA) is 124 Å². The molecule has 0 saturated carbocycles. The lowest BCUT2D eigenvalue weighted by molar-refractivity contribution is -0.380. The summed E-state index contributed by atoms with van der Waals surface area (Å²) in [5.41, 5.74) is 1.84. The van der Waals surface area contributed by atoms with Crippen LogP contribution in [0.15, 0.2) is 40.1 Å². The van der Waals surface area contributed by atoms with E-state index in [9.17, 15) is 14.9 Å². The van der Waals surface area contributed by atoms with E-state index in [0.717, 1.165) is 40.4 Å². The van der Waals surface area contributed by atoms with E-state index in [0.29, 0.717) is 5.89 Å². The van der Waals surface area contributed by atoms with Crippen LogP contribution in [0.3, 0.4) is 0 Å². The first-order chi connectivity index (χ1) is 12.0. The Bertz CT molecular complexity index is 923. The summed E-state index contributed by atoms with van der Waals surface area (Å²) in [4.78, 5) is 25.7. The summed E-state index contributed by atoms with van der Waals surface area (Å²) >= 11 is 1.86. The first-order valence-electron chi connectivity index (χ1n) is 6.95. The molecule has 25 heavy (non-hydrogen) atoms. The number of benzene rings is 1. The van der Waals surface area contributed by atoms with E-state index in [1.54, 1.807) is 0 Å². The predicted molar refractivity (Wildman–Crippen MR) is 92.6 cm³/mol. The Morgan fingerprint density at radius 1 is 1.40 bits per heavy atom. The van der Waals surface area contributed by atoms with Crippen molar-refractivity contribution in [1.82, 2.24) is 15.2 Å². The smallest absolute Gasteiger partial charge is 0.345 e. The van der Waals surface area contributed by atoms with Crippen molar-refractivity contribution < 1.29 is 14.1 Å². The lowest BCUT2D eigenvalue weighted by Crippen LogP contribution is -2.13. The van der Waals surface area contributed by atoms with Crippen LogP contribution in [-0.2, 0) is 4.79 Å². The molecule has 2 heterocycles. The van der Waals surface area contributed by atoms with Crippen molar-refractivity contribution in [3.63, 3.8) is 0 Å². The van der Waals surface area contributed by atoms with Gasteiger partial charge in [-0.25, -0.2) is 4.98 Å². The molecule has 0 bridgehead atoms. The largest absolute Gasteiger partial charge is 0.411 e. The number of carbonyl (C=O) groups excluding carboxylic acids is 1. The highest BCUT2D eigenvalue weighted by Gasteiger charge is 2.15. The molecule has 0 unspecified atom stereocenters. The average molecular weight is 377 g/mol. The van der Waals surface area contributed by atoms with Crippen LogP contribution in [0.5, 0.6) is 0 Å². The standard InChI is InChI=1S/C14H11N5O4S2/c1-8-4-2-3-5-9(8)12-17-18-14(23-12)24-7-10(20)16-13-15-6-11(25-13)19(21)22/h2-6H,7H2,1H3,(H,15,16,20). The van der Waals surface area contributed by atoms with Gasteiger partial charge in [0.25, 0.3) is 5.22 Å². The summed E-state index contributed by atoms with van der Waals surface area (Å²) < 4.78 is 5.55. The Hall–Kier alpha value is -2.79. The summed E-state index contributed by atoms with van der Waals surface area (Å²) in [6, 6.07) is 7.60. The Morgan fingerprint density at radius 3 is 2.92 bits per heavy atom. The average Bonchev–Trinajstić information content (AvgIpc) is 3.23. The molecule has 128 valence electrons. The fourth-order valence-corrected chi connectivity index (χ4v) is 3.09. The van der Waals surface area contributed by atoms with E-state index in [2.05, 4.69) is 20.5 Å². The van der Waals surface area contributed by atoms with Crippen molar-refractivity contribution in [2.75, 3.05) is 11.1 Å². The summed E-state index contributed by atoms with van der Waals surface area (Å²) in [5.74, 6) is 0.0319. The van der Waals surface area contributed by atoms with E-state index in [1.807, 2.05) is 31.2 Å². The third-order valence-corrected chi connectivity index (χ3v) is 4.71. The minimum absolute atomic E-state index is 0.0166. The summed E-state index contributed by atoms with van der Waals surface area (Å²) in [5, 5.41) is 21.3. The number of thioether (sulfide) groups is 1. The monoisotopic (exact) mass is 377 g/mol. The number of nitro groups is 1. The van der Waals surface area contributed by atoms with Gasteiger partial charge in [0.15, 0.2) is 5.13 Å². The second kappa shape index (κ2) is 7.40. The fourth-order valence-electron chi connectivity index (χ4n) is 1.88. The first kappa shape index (κ1) is 17.0. The Morgan fingerprint density at radius 2 is 2.20 bits per heavy atom. The van der Waals surface area contributed by atoms with Crippen LogP contribution in [0.1, 0.15) is 5.56 Å². The van der Waals surface area contributed by atoms with Gasteiger partial charge in [-0.3, -0.25) is 14.9 Å². The quantitative estimate of drug-likeness (QED) is 0.395. The Kier molecular flexibility index (Phi) is 5.05. The molecule has 0 saturated heterocycles. The number of anilines is 1. The Labute approximate surface area is 149 Å². The molecule has 0 fully saturated rings. The minimum atomic E-state index is -0.562. The van der Waals surface area contributed by atoms with Crippen LogP contribution in [0.4, 0.5) is 10.1 Å². The van der Waals surface area contributed by atoms with Crippen LogP contribution < -0.4 is 5.32 Å². The molecule has 0 aliphatic heterocycles. The summed E-state index contributed by atoms with van der Waals surface area (Å²) in [6.07, 6.45) is 1.10. The number of amides is 1. The zero-order chi connectivity index (χ0) is 17.8. The molecule has 1 aromatic carbocycles. The number of nitrogens with one attached hydrogen (secondary N) is 1. The number of aryl methyl sites for hydroxylation is 1. The normalized spacial score (nSPS) is 10.6. The number of aromatic nitrogens is 3. The molecule has 0 aliphatic rings. The molecule has 3 rings (SSSR count). The highest BCUT2D eigenvalue weighted by molar-refractivity contribution is 7.99. The van der Waals surface area contributed by atoms with Crippen molar-refractivity contribution in [2.24, 2.45) is 0 Å². The van der Waals surface area contributed by atoms with Crippen molar-refractivity contribution in [1.29, 1.82) is 0 Å². The first-order valence-corrected chi connectivity index (χ1v) is 8.75.